The van der Waals surface area contributed by atoms with Crippen molar-refractivity contribution in [3.63, 3.8) is 0 Å². The van der Waals surface area contributed by atoms with Crippen LogP contribution in [0.4, 0.5) is 4.39 Å². The molecule has 1 heterocycles. The number of benzene rings is 2. The SMILES string of the molecule is Cc1c(F)cccc1C(=O)NCC(c1ccc(Cl)cc1)C1CCOCC1. The van der Waals surface area contributed by atoms with Crippen LogP contribution in [0.1, 0.15) is 40.2 Å². The third kappa shape index (κ3) is 4.43. The van der Waals surface area contributed by atoms with E-state index in [2.05, 4.69) is 5.32 Å². The molecule has 0 aliphatic carbocycles. The van der Waals surface area contributed by atoms with E-state index >= 15 is 0 Å². The molecule has 1 aliphatic rings. The topological polar surface area (TPSA) is 38.3 Å². The predicted octanol–water partition coefficient (Wildman–Crippen LogP) is 4.73. The molecule has 1 atom stereocenters. The van der Waals surface area contributed by atoms with Gasteiger partial charge in [-0.1, -0.05) is 29.8 Å². The standard InChI is InChI=1S/C21H23ClFNO2/c1-14-18(3-2-4-20(14)23)21(25)24-13-19(16-9-11-26-12-10-16)15-5-7-17(22)8-6-15/h2-8,16,19H,9-13H2,1H3,(H,24,25). The largest absolute Gasteiger partial charge is 0.381 e. The fraction of sp³-hybridized carbons (Fsp3) is 0.381. The van der Waals surface area contributed by atoms with E-state index in [1.54, 1.807) is 19.1 Å². The molecule has 1 aliphatic heterocycles. The van der Waals surface area contributed by atoms with Crippen molar-refractivity contribution in [2.75, 3.05) is 19.8 Å². The monoisotopic (exact) mass is 375 g/mol. The van der Waals surface area contributed by atoms with Crippen LogP contribution in [0.5, 0.6) is 0 Å². The molecule has 0 saturated carbocycles. The third-order valence-electron chi connectivity index (χ3n) is 5.13. The number of hydrogen-bond acceptors (Lipinski definition) is 2. The van der Waals surface area contributed by atoms with Crippen molar-refractivity contribution in [3.05, 3.63) is 70.0 Å². The first-order valence-corrected chi connectivity index (χ1v) is 9.30. The summed E-state index contributed by atoms with van der Waals surface area (Å²) < 4.78 is 19.2. The van der Waals surface area contributed by atoms with E-state index in [1.165, 1.54) is 6.07 Å². The highest BCUT2D eigenvalue weighted by atomic mass is 35.5. The van der Waals surface area contributed by atoms with Crippen LogP contribution in [-0.4, -0.2) is 25.7 Å². The van der Waals surface area contributed by atoms with Gasteiger partial charge in [-0.15, -0.1) is 0 Å². The van der Waals surface area contributed by atoms with E-state index < -0.39 is 0 Å². The molecule has 2 aromatic carbocycles. The molecule has 5 heteroatoms. The van der Waals surface area contributed by atoms with E-state index in [0.717, 1.165) is 31.6 Å². The summed E-state index contributed by atoms with van der Waals surface area (Å²) >= 11 is 6.02. The van der Waals surface area contributed by atoms with Crippen molar-refractivity contribution in [3.8, 4) is 0 Å². The summed E-state index contributed by atoms with van der Waals surface area (Å²) in [6.07, 6.45) is 1.92. The highest BCUT2D eigenvalue weighted by Gasteiger charge is 2.26. The number of rotatable bonds is 5. The summed E-state index contributed by atoms with van der Waals surface area (Å²) in [5.74, 6) is -0.00262. The number of halogens is 2. The maximum absolute atomic E-state index is 13.7. The lowest BCUT2D eigenvalue weighted by Gasteiger charge is -2.31. The van der Waals surface area contributed by atoms with Gasteiger partial charge in [0.2, 0.25) is 0 Å². The van der Waals surface area contributed by atoms with Gasteiger partial charge in [0.1, 0.15) is 5.82 Å². The van der Waals surface area contributed by atoms with Crippen LogP contribution >= 0.6 is 11.6 Å². The van der Waals surface area contributed by atoms with E-state index in [9.17, 15) is 9.18 Å². The Kier molecular flexibility index (Phi) is 6.28. The molecule has 1 saturated heterocycles. The molecule has 2 aromatic rings. The van der Waals surface area contributed by atoms with E-state index in [1.807, 2.05) is 24.3 Å². The number of ether oxygens (including phenoxy) is 1. The van der Waals surface area contributed by atoms with E-state index in [-0.39, 0.29) is 17.6 Å². The molecule has 3 rings (SSSR count). The third-order valence-corrected chi connectivity index (χ3v) is 5.38. The quantitative estimate of drug-likeness (QED) is 0.820. The van der Waals surface area contributed by atoms with Crippen LogP contribution in [0, 0.1) is 18.7 Å². The molecular formula is C21H23ClFNO2. The van der Waals surface area contributed by atoms with Gasteiger partial charge in [0.05, 0.1) is 0 Å². The molecule has 138 valence electrons. The van der Waals surface area contributed by atoms with Crippen LogP contribution in [-0.2, 0) is 4.74 Å². The Balaban J connectivity index is 1.76. The maximum Gasteiger partial charge on any atom is 0.251 e. The van der Waals surface area contributed by atoms with Crippen molar-refractivity contribution < 1.29 is 13.9 Å². The number of nitrogens with one attached hydrogen (secondary N) is 1. The summed E-state index contributed by atoms with van der Waals surface area (Å²) in [5, 5.41) is 3.69. The van der Waals surface area contributed by atoms with Gasteiger partial charge in [0, 0.05) is 36.3 Å². The minimum absolute atomic E-state index is 0.175. The molecule has 1 amide bonds. The maximum atomic E-state index is 13.7. The second kappa shape index (κ2) is 8.65. The fourth-order valence-electron chi connectivity index (χ4n) is 3.54. The van der Waals surface area contributed by atoms with Gasteiger partial charge in [-0.25, -0.2) is 4.39 Å². The first-order chi connectivity index (χ1) is 12.6. The molecule has 0 aromatic heterocycles. The van der Waals surface area contributed by atoms with Crippen molar-refractivity contribution in [1.82, 2.24) is 5.32 Å². The number of carbonyl (C=O) groups excluding carboxylic acids is 1. The van der Waals surface area contributed by atoms with Crippen LogP contribution in [0.3, 0.4) is 0 Å². The first-order valence-electron chi connectivity index (χ1n) is 8.93. The summed E-state index contributed by atoms with van der Waals surface area (Å²) in [4.78, 5) is 12.6. The summed E-state index contributed by atoms with van der Waals surface area (Å²) in [5.41, 5.74) is 1.91. The van der Waals surface area contributed by atoms with Crippen LogP contribution in [0.15, 0.2) is 42.5 Å². The van der Waals surface area contributed by atoms with Crippen molar-refractivity contribution in [2.24, 2.45) is 5.92 Å². The van der Waals surface area contributed by atoms with Crippen molar-refractivity contribution in [2.45, 2.75) is 25.7 Å². The van der Waals surface area contributed by atoms with Gasteiger partial charge in [-0.2, -0.15) is 0 Å². The van der Waals surface area contributed by atoms with Crippen LogP contribution in [0.2, 0.25) is 5.02 Å². The minimum atomic E-state index is -0.365. The van der Waals surface area contributed by atoms with Gasteiger partial charge >= 0.3 is 0 Å². The lowest BCUT2D eigenvalue weighted by molar-refractivity contribution is 0.0572. The predicted molar refractivity (Wildman–Crippen MR) is 101 cm³/mol. The Morgan fingerprint density at radius 2 is 1.92 bits per heavy atom. The molecule has 0 spiro atoms. The average Bonchev–Trinajstić information content (AvgIpc) is 2.66. The van der Waals surface area contributed by atoms with Gasteiger partial charge < -0.3 is 10.1 Å². The second-order valence-electron chi connectivity index (χ2n) is 6.73. The van der Waals surface area contributed by atoms with Crippen molar-refractivity contribution >= 4 is 17.5 Å². The summed E-state index contributed by atoms with van der Waals surface area (Å²) in [6, 6.07) is 12.4. The Labute approximate surface area is 158 Å². The minimum Gasteiger partial charge on any atom is -0.381 e. The van der Waals surface area contributed by atoms with Gasteiger partial charge in [-0.05, 0) is 61.1 Å². The molecule has 1 N–H and O–H groups in total. The summed E-state index contributed by atoms with van der Waals surface area (Å²) in [7, 11) is 0. The zero-order valence-electron chi connectivity index (χ0n) is 14.8. The first kappa shape index (κ1) is 18.9. The Hall–Kier alpha value is -1.91. The molecule has 0 bridgehead atoms. The average molecular weight is 376 g/mol. The van der Waals surface area contributed by atoms with E-state index in [0.29, 0.717) is 28.6 Å². The van der Waals surface area contributed by atoms with Gasteiger partial charge in [0.15, 0.2) is 0 Å². The molecule has 1 fully saturated rings. The Morgan fingerprint density at radius 3 is 2.62 bits per heavy atom. The van der Waals surface area contributed by atoms with E-state index in [4.69, 9.17) is 16.3 Å². The molecule has 3 nitrogen and oxygen atoms in total. The molecule has 1 unspecified atom stereocenters. The zero-order chi connectivity index (χ0) is 18.5. The van der Waals surface area contributed by atoms with Gasteiger partial charge in [-0.3, -0.25) is 4.79 Å². The number of hydrogen-bond donors (Lipinski definition) is 1. The van der Waals surface area contributed by atoms with Crippen LogP contribution < -0.4 is 5.32 Å². The number of amides is 1. The van der Waals surface area contributed by atoms with Crippen molar-refractivity contribution in [1.29, 1.82) is 0 Å². The lowest BCUT2D eigenvalue weighted by Crippen LogP contribution is -2.34. The Morgan fingerprint density at radius 1 is 1.23 bits per heavy atom. The normalized spacial score (nSPS) is 16.3. The molecular weight excluding hydrogens is 353 g/mol. The van der Waals surface area contributed by atoms with Crippen LogP contribution in [0.25, 0.3) is 0 Å². The lowest BCUT2D eigenvalue weighted by atomic mass is 9.81. The smallest absolute Gasteiger partial charge is 0.251 e. The Bertz CT molecular complexity index is 757. The highest BCUT2D eigenvalue weighted by molar-refractivity contribution is 6.30. The summed E-state index contributed by atoms with van der Waals surface area (Å²) in [6.45, 7) is 3.61. The molecule has 26 heavy (non-hydrogen) atoms. The number of carbonyl (C=O) groups is 1. The van der Waals surface area contributed by atoms with Gasteiger partial charge in [0.25, 0.3) is 5.91 Å². The second-order valence-corrected chi connectivity index (χ2v) is 7.17. The molecule has 0 radical (unpaired) electrons. The highest BCUT2D eigenvalue weighted by Crippen LogP contribution is 2.32. The fourth-order valence-corrected chi connectivity index (χ4v) is 3.66. The zero-order valence-corrected chi connectivity index (χ0v) is 15.6.